The average molecular weight is 279 g/mol. The highest BCUT2D eigenvalue weighted by Crippen LogP contribution is 2.16. The van der Waals surface area contributed by atoms with Gasteiger partial charge in [0.15, 0.2) is 5.78 Å². The van der Waals surface area contributed by atoms with Crippen LogP contribution in [0.25, 0.3) is 0 Å². The van der Waals surface area contributed by atoms with Gasteiger partial charge in [0, 0.05) is 5.56 Å². The first-order valence-electron chi connectivity index (χ1n) is 5.77. The monoisotopic (exact) mass is 278 g/mol. The molecule has 19 heavy (non-hydrogen) atoms. The number of ether oxygens (including phenoxy) is 1. The first-order chi connectivity index (χ1) is 9.16. The van der Waals surface area contributed by atoms with Gasteiger partial charge in [0.1, 0.15) is 12.4 Å². The summed E-state index contributed by atoms with van der Waals surface area (Å²) in [6, 6.07) is 13.4. The lowest BCUT2D eigenvalue weighted by molar-refractivity contribution is 0.0726. The van der Waals surface area contributed by atoms with E-state index in [0.29, 0.717) is 12.2 Å². The summed E-state index contributed by atoms with van der Waals surface area (Å²) in [7, 11) is 0. The van der Waals surface area contributed by atoms with Crippen molar-refractivity contribution in [3.05, 3.63) is 70.5 Å². The van der Waals surface area contributed by atoms with Gasteiger partial charge >= 0.3 is 0 Å². The predicted octanol–water partition coefficient (Wildman–Crippen LogP) is 3.88. The number of halogens is 2. The lowest BCUT2D eigenvalue weighted by Gasteiger charge is -2.04. The minimum absolute atomic E-state index is 0.0587. The van der Waals surface area contributed by atoms with Gasteiger partial charge in [-0.15, -0.1) is 0 Å². The Morgan fingerprint density at radius 1 is 1.16 bits per heavy atom. The zero-order valence-corrected chi connectivity index (χ0v) is 10.9. The maximum Gasteiger partial charge on any atom is 0.188 e. The third kappa shape index (κ3) is 3.88. The van der Waals surface area contributed by atoms with Gasteiger partial charge in [0.25, 0.3) is 0 Å². The molecule has 2 rings (SSSR count). The number of carbonyl (C=O) groups is 1. The Labute approximate surface area is 115 Å². The number of Topliss-reactive ketones (excluding diaryl/α,β-unsaturated/α-hetero) is 1. The van der Waals surface area contributed by atoms with E-state index in [1.807, 2.05) is 30.3 Å². The fourth-order valence-corrected chi connectivity index (χ4v) is 1.77. The minimum Gasteiger partial charge on any atom is -0.369 e. The fourth-order valence-electron chi connectivity index (χ4n) is 1.59. The van der Waals surface area contributed by atoms with Crippen LogP contribution in [-0.2, 0) is 11.3 Å². The maximum atomic E-state index is 13.0. The van der Waals surface area contributed by atoms with Crippen molar-refractivity contribution < 1.29 is 13.9 Å². The Kier molecular flexibility index (Phi) is 4.66. The number of hydrogen-bond donors (Lipinski definition) is 0. The van der Waals surface area contributed by atoms with E-state index in [0.717, 1.165) is 5.56 Å². The Bertz CT molecular complexity index is 570. The molecule has 0 aliphatic carbocycles. The molecule has 0 radical (unpaired) electrons. The minimum atomic E-state index is -0.538. The zero-order chi connectivity index (χ0) is 13.7. The largest absolute Gasteiger partial charge is 0.369 e. The van der Waals surface area contributed by atoms with Crippen molar-refractivity contribution in [2.24, 2.45) is 0 Å². The van der Waals surface area contributed by atoms with E-state index in [9.17, 15) is 9.18 Å². The van der Waals surface area contributed by atoms with Crippen LogP contribution in [0.5, 0.6) is 0 Å². The molecule has 2 nitrogen and oxygen atoms in total. The van der Waals surface area contributed by atoms with Gasteiger partial charge in [-0.3, -0.25) is 4.79 Å². The third-order valence-corrected chi connectivity index (χ3v) is 2.88. The molecular weight excluding hydrogens is 267 g/mol. The summed E-state index contributed by atoms with van der Waals surface area (Å²) in [4.78, 5) is 11.8. The van der Waals surface area contributed by atoms with Crippen LogP contribution in [0, 0.1) is 5.82 Å². The van der Waals surface area contributed by atoms with Gasteiger partial charge in [0.2, 0.25) is 0 Å². The molecule has 0 atom stereocenters. The molecule has 0 aromatic heterocycles. The quantitative estimate of drug-likeness (QED) is 0.776. The highest BCUT2D eigenvalue weighted by molar-refractivity contribution is 6.31. The SMILES string of the molecule is O=C(COCc1ccccc1)c1ccc(F)c(Cl)c1. The van der Waals surface area contributed by atoms with Gasteiger partial charge in [-0.2, -0.15) is 0 Å². The van der Waals surface area contributed by atoms with Crippen LogP contribution in [0.2, 0.25) is 5.02 Å². The highest BCUT2D eigenvalue weighted by atomic mass is 35.5. The van der Waals surface area contributed by atoms with E-state index in [1.165, 1.54) is 18.2 Å². The molecule has 0 saturated carbocycles. The van der Waals surface area contributed by atoms with E-state index in [4.69, 9.17) is 16.3 Å². The Morgan fingerprint density at radius 2 is 1.89 bits per heavy atom. The molecule has 0 aliphatic heterocycles. The Hall–Kier alpha value is -1.71. The first kappa shape index (κ1) is 13.7. The maximum absolute atomic E-state index is 13.0. The number of hydrogen-bond acceptors (Lipinski definition) is 2. The summed E-state index contributed by atoms with van der Waals surface area (Å²) in [6.45, 7) is 0.304. The normalized spacial score (nSPS) is 10.4. The summed E-state index contributed by atoms with van der Waals surface area (Å²) in [6.07, 6.45) is 0. The van der Waals surface area contributed by atoms with Crippen LogP contribution in [0.4, 0.5) is 4.39 Å². The predicted molar refractivity (Wildman–Crippen MR) is 71.8 cm³/mol. The van der Waals surface area contributed by atoms with Crippen LogP contribution >= 0.6 is 11.6 Å². The van der Waals surface area contributed by atoms with Crippen molar-refractivity contribution in [3.63, 3.8) is 0 Å². The zero-order valence-electron chi connectivity index (χ0n) is 10.1. The second kappa shape index (κ2) is 6.45. The molecule has 0 unspecified atom stereocenters. The molecular formula is C15H12ClFO2. The van der Waals surface area contributed by atoms with Crippen molar-refractivity contribution in [1.82, 2.24) is 0 Å². The van der Waals surface area contributed by atoms with Gasteiger partial charge in [-0.05, 0) is 23.8 Å². The number of rotatable bonds is 5. The third-order valence-electron chi connectivity index (χ3n) is 2.59. The summed E-state index contributed by atoms with van der Waals surface area (Å²) in [5, 5.41) is -0.0612. The van der Waals surface area contributed by atoms with Crippen molar-refractivity contribution in [3.8, 4) is 0 Å². The van der Waals surface area contributed by atoms with Crippen LogP contribution in [0.15, 0.2) is 48.5 Å². The van der Waals surface area contributed by atoms with E-state index in [2.05, 4.69) is 0 Å². The molecule has 0 saturated heterocycles. The van der Waals surface area contributed by atoms with Gasteiger partial charge in [0.05, 0.1) is 11.6 Å². The second-order valence-corrected chi connectivity index (χ2v) is 4.44. The molecule has 0 aliphatic rings. The average Bonchev–Trinajstić information content (AvgIpc) is 2.43. The molecule has 0 bridgehead atoms. The Morgan fingerprint density at radius 3 is 2.58 bits per heavy atom. The van der Waals surface area contributed by atoms with E-state index in [-0.39, 0.29) is 17.4 Å². The molecule has 0 fully saturated rings. The number of ketones is 1. The fraction of sp³-hybridized carbons (Fsp3) is 0.133. The van der Waals surface area contributed by atoms with E-state index < -0.39 is 5.82 Å². The van der Waals surface area contributed by atoms with E-state index in [1.54, 1.807) is 0 Å². The lowest BCUT2D eigenvalue weighted by Crippen LogP contribution is -2.09. The van der Waals surface area contributed by atoms with Crippen LogP contribution in [0.3, 0.4) is 0 Å². The standard InChI is InChI=1S/C15H12ClFO2/c16-13-8-12(6-7-14(13)17)15(18)10-19-9-11-4-2-1-3-5-11/h1-8H,9-10H2. The smallest absolute Gasteiger partial charge is 0.188 e. The number of benzene rings is 2. The van der Waals surface area contributed by atoms with Gasteiger partial charge in [-0.1, -0.05) is 41.9 Å². The lowest BCUT2D eigenvalue weighted by atomic mass is 10.1. The molecule has 98 valence electrons. The summed E-state index contributed by atoms with van der Waals surface area (Å²) in [5.41, 5.74) is 1.34. The molecule has 0 amide bonds. The van der Waals surface area contributed by atoms with Crippen LogP contribution < -0.4 is 0 Å². The summed E-state index contributed by atoms with van der Waals surface area (Å²) in [5.74, 6) is -0.763. The molecule has 0 N–H and O–H groups in total. The first-order valence-corrected chi connectivity index (χ1v) is 6.14. The van der Waals surface area contributed by atoms with Crippen molar-refractivity contribution >= 4 is 17.4 Å². The molecule has 2 aromatic rings. The summed E-state index contributed by atoms with van der Waals surface area (Å²) < 4.78 is 18.3. The van der Waals surface area contributed by atoms with Crippen molar-refractivity contribution in [1.29, 1.82) is 0 Å². The summed E-state index contributed by atoms with van der Waals surface area (Å²) >= 11 is 5.62. The van der Waals surface area contributed by atoms with Crippen molar-refractivity contribution in [2.45, 2.75) is 6.61 Å². The highest BCUT2D eigenvalue weighted by Gasteiger charge is 2.09. The van der Waals surface area contributed by atoms with Crippen molar-refractivity contribution in [2.75, 3.05) is 6.61 Å². The molecule has 0 heterocycles. The topological polar surface area (TPSA) is 26.3 Å². The Balaban J connectivity index is 1.89. The molecule has 4 heteroatoms. The second-order valence-electron chi connectivity index (χ2n) is 4.03. The number of carbonyl (C=O) groups excluding carboxylic acids is 1. The van der Waals surface area contributed by atoms with Gasteiger partial charge < -0.3 is 4.74 Å². The molecule has 0 spiro atoms. The van der Waals surface area contributed by atoms with E-state index >= 15 is 0 Å². The van der Waals surface area contributed by atoms with Gasteiger partial charge in [-0.25, -0.2) is 4.39 Å². The van der Waals surface area contributed by atoms with Crippen LogP contribution in [0.1, 0.15) is 15.9 Å². The van der Waals surface area contributed by atoms with Crippen LogP contribution in [-0.4, -0.2) is 12.4 Å². The molecule has 2 aromatic carbocycles.